The molecule has 7 heteroatoms. The van der Waals surface area contributed by atoms with Crippen molar-refractivity contribution in [1.29, 1.82) is 0 Å². The summed E-state index contributed by atoms with van der Waals surface area (Å²) in [5.41, 5.74) is 0.762. The Labute approximate surface area is 135 Å². The Morgan fingerprint density at radius 1 is 1.17 bits per heavy atom. The van der Waals surface area contributed by atoms with Crippen LogP contribution in [-0.4, -0.2) is 36.6 Å². The molecule has 23 heavy (non-hydrogen) atoms. The quantitative estimate of drug-likeness (QED) is 0.816. The van der Waals surface area contributed by atoms with E-state index in [2.05, 4.69) is 27.5 Å². The molecule has 7 nitrogen and oxygen atoms in total. The standard InChI is InChI=1S/C16H20N4O3/c1-4-7-17-15-10-18-13(9-19-15)16(21)20-12-6-5-11(22-2)8-14(12)23-3/h5-6,8-10H,4,7H2,1-3H3,(H,17,19)(H,20,21). The third kappa shape index (κ3) is 4.32. The zero-order valence-electron chi connectivity index (χ0n) is 13.4. The Bertz CT molecular complexity index is 659. The van der Waals surface area contributed by atoms with E-state index in [-0.39, 0.29) is 11.6 Å². The molecular formula is C16H20N4O3. The number of methoxy groups -OCH3 is 2. The Morgan fingerprint density at radius 2 is 2.00 bits per heavy atom. The Kier molecular flexibility index (Phi) is 5.74. The summed E-state index contributed by atoms with van der Waals surface area (Å²) in [5, 5.41) is 5.85. The molecule has 0 fully saturated rings. The molecule has 122 valence electrons. The zero-order chi connectivity index (χ0) is 16.7. The van der Waals surface area contributed by atoms with Gasteiger partial charge in [-0.15, -0.1) is 0 Å². The lowest BCUT2D eigenvalue weighted by molar-refractivity contribution is 0.102. The van der Waals surface area contributed by atoms with E-state index >= 15 is 0 Å². The average Bonchev–Trinajstić information content (AvgIpc) is 2.60. The van der Waals surface area contributed by atoms with E-state index in [1.54, 1.807) is 25.3 Å². The van der Waals surface area contributed by atoms with Gasteiger partial charge in [0.05, 0.1) is 32.3 Å². The number of benzene rings is 1. The van der Waals surface area contributed by atoms with Crippen LogP contribution in [0.2, 0.25) is 0 Å². The van der Waals surface area contributed by atoms with E-state index < -0.39 is 0 Å². The normalized spacial score (nSPS) is 10.0. The molecule has 1 heterocycles. The van der Waals surface area contributed by atoms with Gasteiger partial charge in [-0.05, 0) is 18.6 Å². The van der Waals surface area contributed by atoms with Gasteiger partial charge < -0.3 is 20.1 Å². The van der Waals surface area contributed by atoms with Gasteiger partial charge in [0.2, 0.25) is 0 Å². The smallest absolute Gasteiger partial charge is 0.275 e. The number of carbonyl (C=O) groups excluding carboxylic acids is 1. The lowest BCUT2D eigenvalue weighted by Gasteiger charge is -2.11. The third-order valence-corrected chi connectivity index (χ3v) is 3.10. The van der Waals surface area contributed by atoms with Crippen LogP contribution in [0.1, 0.15) is 23.8 Å². The maximum Gasteiger partial charge on any atom is 0.275 e. The molecule has 1 amide bonds. The molecule has 2 rings (SSSR count). The third-order valence-electron chi connectivity index (χ3n) is 3.10. The van der Waals surface area contributed by atoms with Gasteiger partial charge >= 0.3 is 0 Å². The van der Waals surface area contributed by atoms with Crippen molar-refractivity contribution < 1.29 is 14.3 Å². The molecule has 0 saturated heterocycles. The van der Waals surface area contributed by atoms with E-state index in [1.165, 1.54) is 19.5 Å². The molecule has 2 aromatic rings. The minimum atomic E-state index is -0.358. The summed E-state index contributed by atoms with van der Waals surface area (Å²) in [7, 11) is 3.09. The van der Waals surface area contributed by atoms with Gasteiger partial charge in [-0.1, -0.05) is 6.92 Å². The fourth-order valence-corrected chi connectivity index (χ4v) is 1.88. The maximum absolute atomic E-state index is 12.2. The van der Waals surface area contributed by atoms with Crippen LogP contribution in [0.25, 0.3) is 0 Å². The van der Waals surface area contributed by atoms with Crippen LogP contribution in [-0.2, 0) is 0 Å². The molecule has 0 bridgehead atoms. The second kappa shape index (κ2) is 7.98. The van der Waals surface area contributed by atoms with Crippen LogP contribution in [0, 0.1) is 0 Å². The number of nitrogens with zero attached hydrogens (tertiary/aromatic N) is 2. The molecular weight excluding hydrogens is 296 g/mol. The summed E-state index contributed by atoms with van der Waals surface area (Å²) in [6.45, 7) is 2.87. The van der Waals surface area contributed by atoms with Crippen LogP contribution >= 0.6 is 0 Å². The fourth-order valence-electron chi connectivity index (χ4n) is 1.88. The summed E-state index contributed by atoms with van der Waals surface area (Å²) >= 11 is 0. The van der Waals surface area contributed by atoms with Crippen LogP contribution in [0.3, 0.4) is 0 Å². The molecule has 2 N–H and O–H groups in total. The highest BCUT2D eigenvalue weighted by Crippen LogP contribution is 2.29. The van der Waals surface area contributed by atoms with Gasteiger partial charge in [0.15, 0.2) is 0 Å². The Balaban J connectivity index is 2.09. The van der Waals surface area contributed by atoms with Crippen molar-refractivity contribution in [3.8, 4) is 11.5 Å². The molecule has 0 spiro atoms. The Morgan fingerprint density at radius 3 is 2.61 bits per heavy atom. The highest BCUT2D eigenvalue weighted by atomic mass is 16.5. The number of hydrogen-bond acceptors (Lipinski definition) is 6. The van der Waals surface area contributed by atoms with Gasteiger partial charge in [-0.3, -0.25) is 4.79 Å². The summed E-state index contributed by atoms with van der Waals surface area (Å²) in [5.74, 6) is 1.44. The molecule has 0 saturated carbocycles. The van der Waals surface area contributed by atoms with Gasteiger partial charge in [0.25, 0.3) is 5.91 Å². The number of nitrogens with one attached hydrogen (secondary N) is 2. The van der Waals surface area contributed by atoms with Gasteiger partial charge in [0, 0.05) is 12.6 Å². The number of rotatable bonds is 7. The summed E-state index contributed by atoms with van der Waals surface area (Å²) in [6.07, 6.45) is 3.96. The van der Waals surface area contributed by atoms with Gasteiger partial charge in [-0.2, -0.15) is 0 Å². The molecule has 1 aromatic heterocycles. The monoisotopic (exact) mass is 316 g/mol. The minimum Gasteiger partial charge on any atom is -0.497 e. The highest BCUT2D eigenvalue weighted by molar-refractivity contribution is 6.03. The van der Waals surface area contributed by atoms with Crippen molar-refractivity contribution in [3.63, 3.8) is 0 Å². The van der Waals surface area contributed by atoms with Crippen molar-refractivity contribution in [1.82, 2.24) is 9.97 Å². The van der Waals surface area contributed by atoms with Crippen LogP contribution in [0.4, 0.5) is 11.5 Å². The number of ether oxygens (including phenoxy) is 2. The molecule has 0 unspecified atom stereocenters. The van der Waals surface area contributed by atoms with E-state index in [9.17, 15) is 4.79 Å². The molecule has 0 aliphatic rings. The average molecular weight is 316 g/mol. The van der Waals surface area contributed by atoms with E-state index in [0.29, 0.717) is 23.0 Å². The van der Waals surface area contributed by atoms with Crippen molar-refractivity contribution >= 4 is 17.4 Å². The summed E-state index contributed by atoms with van der Waals surface area (Å²) in [6, 6.07) is 5.14. The number of hydrogen-bond donors (Lipinski definition) is 2. The first kappa shape index (κ1) is 16.5. The van der Waals surface area contributed by atoms with Crippen LogP contribution in [0.5, 0.6) is 11.5 Å². The van der Waals surface area contributed by atoms with Crippen molar-refractivity contribution in [2.24, 2.45) is 0 Å². The predicted molar refractivity (Wildman–Crippen MR) is 88.3 cm³/mol. The first-order chi connectivity index (χ1) is 11.2. The van der Waals surface area contributed by atoms with Crippen LogP contribution < -0.4 is 20.1 Å². The van der Waals surface area contributed by atoms with Crippen molar-refractivity contribution in [2.45, 2.75) is 13.3 Å². The Hall–Kier alpha value is -2.83. The van der Waals surface area contributed by atoms with Crippen molar-refractivity contribution in [2.75, 3.05) is 31.4 Å². The molecule has 0 atom stereocenters. The second-order valence-electron chi connectivity index (χ2n) is 4.73. The van der Waals surface area contributed by atoms with Gasteiger partial charge in [0.1, 0.15) is 23.0 Å². The molecule has 0 aliphatic heterocycles. The number of amides is 1. The lowest BCUT2D eigenvalue weighted by atomic mass is 10.2. The van der Waals surface area contributed by atoms with Crippen molar-refractivity contribution in [3.05, 3.63) is 36.3 Å². The zero-order valence-corrected chi connectivity index (χ0v) is 13.4. The summed E-state index contributed by atoms with van der Waals surface area (Å²) in [4.78, 5) is 20.5. The second-order valence-corrected chi connectivity index (χ2v) is 4.73. The van der Waals surface area contributed by atoms with E-state index in [0.717, 1.165) is 13.0 Å². The fraction of sp³-hybridized carbons (Fsp3) is 0.312. The molecule has 0 aliphatic carbocycles. The first-order valence-electron chi connectivity index (χ1n) is 7.27. The number of aromatic nitrogens is 2. The van der Waals surface area contributed by atoms with Gasteiger partial charge in [-0.25, -0.2) is 9.97 Å². The topological polar surface area (TPSA) is 85.4 Å². The first-order valence-corrected chi connectivity index (χ1v) is 7.27. The van der Waals surface area contributed by atoms with Crippen LogP contribution in [0.15, 0.2) is 30.6 Å². The van der Waals surface area contributed by atoms with E-state index in [4.69, 9.17) is 9.47 Å². The number of carbonyl (C=O) groups is 1. The summed E-state index contributed by atoms with van der Waals surface area (Å²) < 4.78 is 10.4. The molecule has 1 aromatic carbocycles. The highest BCUT2D eigenvalue weighted by Gasteiger charge is 2.12. The lowest BCUT2D eigenvalue weighted by Crippen LogP contribution is -2.15. The largest absolute Gasteiger partial charge is 0.497 e. The van der Waals surface area contributed by atoms with E-state index in [1.807, 2.05) is 0 Å². The minimum absolute atomic E-state index is 0.227. The number of anilines is 2. The SMILES string of the molecule is CCCNc1cnc(C(=O)Nc2ccc(OC)cc2OC)cn1. The molecule has 0 radical (unpaired) electrons. The predicted octanol–water partition coefficient (Wildman–Crippen LogP) is 2.57. The maximum atomic E-state index is 12.2.